The summed E-state index contributed by atoms with van der Waals surface area (Å²) in [5.74, 6) is -1.26. The van der Waals surface area contributed by atoms with E-state index in [1.165, 1.54) is 6.92 Å². The molecule has 0 unspecified atom stereocenters. The van der Waals surface area contributed by atoms with Crippen molar-refractivity contribution in [3.63, 3.8) is 0 Å². The van der Waals surface area contributed by atoms with E-state index in [2.05, 4.69) is 5.32 Å². The highest BCUT2D eigenvalue weighted by molar-refractivity contribution is 5.89. The number of ether oxygens (including phenoxy) is 2. The van der Waals surface area contributed by atoms with E-state index in [0.29, 0.717) is 19.7 Å². The van der Waals surface area contributed by atoms with Crippen LogP contribution in [0, 0.1) is 5.92 Å². The monoisotopic (exact) mass is 326 g/mol. The molecule has 0 aromatic rings. The summed E-state index contributed by atoms with van der Waals surface area (Å²) in [4.78, 5) is 37.9. The number of nitrogens with zero attached hydrogens (tertiary/aromatic N) is 1. The Bertz CT molecular complexity index is 448. The van der Waals surface area contributed by atoms with Gasteiger partial charge in [0.25, 0.3) is 5.91 Å². The summed E-state index contributed by atoms with van der Waals surface area (Å²) < 4.78 is 10.1. The summed E-state index contributed by atoms with van der Waals surface area (Å²) in [5, 5.41) is 2.62. The Hall–Kier alpha value is -1.63. The van der Waals surface area contributed by atoms with Gasteiger partial charge in [0.2, 0.25) is 5.91 Å². The van der Waals surface area contributed by atoms with Gasteiger partial charge in [0, 0.05) is 32.7 Å². The van der Waals surface area contributed by atoms with Gasteiger partial charge in [0.1, 0.15) is 0 Å². The highest BCUT2D eigenvalue weighted by Gasteiger charge is 2.40. The Labute approximate surface area is 136 Å². The van der Waals surface area contributed by atoms with Crippen LogP contribution in [0.15, 0.2) is 0 Å². The van der Waals surface area contributed by atoms with Gasteiger partial charge in [-0.05, 0) is 19.8 Å². The molecule has 0 aromatic heterocycles. The molecule has 1 saturated heterocycles. The molecule has 0 radical (unpaired) electrons. The maximum absolute atomic E-state index is 12.2. The minimum Gasteiger partial charge on any atom is -0.452 e. The van der Waals surface area contributed by atoms with Crippen LogP contribution >= 0.6 is 0 Å². The van der Waals surface area contributed by atoms with E-state index in [1.54, 1.807) is 7.11 Å². The number of nitrogens with one attached hydrogen (secondary N) is 1. The van der Waals surface area contributed by atoms with Gasteiger partial charge in [-0.1, -0.05) is 12.8 Å². The van der Waals surface area contributed by atoms with Gasteiger partial charge in [-0.2, -0.15) is 0 Å². The number of methoxy groups -OCH3 is 1. The lowest BCUT2D eigenvalue weighted by molar-refractivity contribution is -0.158. The van der Waals surface area contributed by atoms with Crippen molar-refractivity contribution in [3.05, 3.63) is 0 Å². The zero-order valence-corrected chi connectivity index (χ0v) is 13.9. The number of amides is 2. The van der Waals surface area contributed by atoms with E-state index in [9.17, 15) is 14.4 Å². The zero-order valence-electron chi connectivity index (χ0n) is 13.9. The van der Waals surface area contributed by atoms with E-state index in [0.717, 1.165) is 25.7 Å². The number of hydrogen-bond acceptors (Lipinski definition) is 5. The van der Waals surface area contributed by atoms with Gasteiger partial charge in [-0.15, -0.1) is 0 Å². The summed E-state index contributed by atoms with van der Waals surface area (Å²) >= 11 is 0. The van der Waals surface area contributed by atoms with Crippen molar-refractivity contribution >= 4 is 17.8 Å². The van der Waals surface area contributed by atoms with Crippen LogP contribution in [0.4, 0.5) is 0 Å². The summed E-state index contributed by atoms with van der Waals surface area (Å²) in [6.07, 6.45) is 3.64. The molecule has 1 saturated carbocycles. The average molecular weight is 326 g/mol. The standard InChI is InChI=1S/C16H26N2O5/c1-11(15(20)17-7-8-22-2)23-16(21)12-9-14(19)18(10-12)13-5-3-4-6-13/h11-13H,3-10H2,1-2H3,(H,17,20)/t11-,12+/m1/s1. The Morgan fingerprint density at radius 2 is 2.04 bits per heavy atom. The van der Waals surface area contributed by atoms with Gasteiger partial charge in [0.15, 0.2) is 6.10 Å². The van der Waals surface area contributed by atoms with Crippen molar-refractivity contribution in [1.82, 2.24) is 10.2 Å². The van der Waals surface area contributed by atoms with Crippen LogP contribution in [0.1, 0.15) is 39.0 Å². The molecule has 1 N–H and O–H groups in total. The average Bonchev–Trinajstić information content (AvgIpc) is 3.16. The molecule has 0 bridgehead atoms. The van der Waals surface area contributed by atoms with Crippen molar-refractivity contribution in [1.29, 1.82) is 0 Å². The van der Waals surface area contributed by atoms with E-state index in [-0.39, 0.29) is 24.3 Å². The first kappa shape index (κ1) is 17.7. The third kappa shape index (κ3) is 4.67. The van der Waals surface area contributed by atoms with E-state index in [1.807, 2.05) is 4.90 Å². The second kappa shape index (κ2) is 8.29. The van der Waals surface area contributed by atoms with E-state index < -0.39 is 18.0 Å². The quantitative estimate of drug-likeness (QED) is 0.543. The lowest BCUT2D eigenvalue weighted by Gasteiger charge is -2.24. The maximum atomic E-state index is 12.2. The van der Waals surface area contributed by atoms with Crippen LogP contribution in [0.5, 0.6) is 0 Å². The summed E-state index contributed by atoms with van der Waals surface area (Å²) in [6, 6.07) is 0.273. The molecule has 2 atom stereocenters. The highest BCUT2D eigenvalue weighted by atomic mass is 16.5. The first-order chi connectivity index (χ1) is 11.0. The lowest BCUT2D eigenvalue weighted by atomic mass is 10.1. The van der Waals surface area contributed by atoms with Crippen LogP contribution in [0.2, 0.25) is 0 Å². The number of carbonyl (C=O) groups excluding carboxylic acids is 3. The van der Waals surface area contributed by atoms with Crippen molar-refractivity contribution < 1.29 is 23.9 Å². The fraction of sp³-hybridized carbons (Fsp3) is 0.812. The maximum Gasteiger partial charge on any atom is 0.312 e. The summed E-state index contributed by atoms with van der Waals surface area (Å²) in [5.41, 5.74) is 0. The molecule has 2 amide bonds. The number of carbonyl (C=O) groups is 3. The second-order valence-corrected chi connectivity index (χ2v) is 6.25. The minimum absolute atomic E-state index is 0.0241. The van der Waals surface area contributed by atoms with Gasteiger partial charge < -0.3 is 19.7 Å². The van der Waals surface area contributed by atoms with Gasteiger partial charge >= 0.3 is 5.97 Å². The zero-order chi connectivity index (χ0) is 16.8. The smallest absolute Gasteiger partial charge is 0.312 e. The Kier molecular flexibility index (Phi) is 6.38. The Morgan fingerprint density at radius 3 is 2.70 bits per heavy atom. The van der Waals surface area contributed by atoms with Crippen LogP contribution in [-0.2, 0) is 23.9 Å². The second-order valence-electron chi connectivity index (χ2n) is 6.25. The van der Waals surface area contributed by atoms with Crippen LogP contribution in [-0.4, -0.2) is 61.6 Å². The van der Waals surface area contributed by atoms with Crippen LogP contribution in [0.3, 0.4) is 0 Å². The predicted molar refractivity (Wildman–Crippen MR) is 82.5 cm³/mol. The summed E-state index contributed by atoms with van der Waals surface area (Å²) in [6.45, 7) is 2.72. The molecule has 2 aliphatic rings. The van der Waals surface area contributed by atoms with Crippen LogP contribution < -0.4 is 5.32 Å². The molecular formula is C16H26N2O5. The molecule has 7 nitrogen and oxygen atoms in total. The van der Waals surface area contributed by atoms with Crippen molar-refractivity contribution in [3.8, 4) is 0 Å². The Morgan fingerprint density at radius 1 is 1.35 bits per heavy atom. The van der Waals surface area contributed by atoms with Crippen molar-refractivity contribution in [2.45, 2.75) is 51.2 Å². The third-order valence-corrected chi connectivity index (χ3v) is 4.52. The number of rotatable bonds is 7. The van der Waals surface area contributed by atoms with Crippen molar-refractivity contribution in [2.75, 3.05) is 26.8 Å². The van der Waals surface area contributed by atoms with Crippen LogP contribution in [0.25, 0.3) is 0 Å². The first-order valence-corrected chi connectivity index (χ1v) is 8.29. The van der Waals surface area contributed by atoms with E-state index in [4.69, 9.17) is 9.47 Å². The molecule has 23 heavy (non-hydrogen) atoms. The molecule has 2 fully saturated rings. The fourth-order valence-corrected chi connectivity index (χ4v) is 3.20. The first-order valence-electron chi connectivity index (χ1n) is 8.29. The molecule has 1 aliphatic heterocycles. The topological polar surface area (TPSA) is 84.9 Å². The lowest BCUT2D eigenvalue weighted by Crippen LogP contribution is -2.39. The number of hydrogen-bond donors (Lipinski definition) is 1. The summed E-state index contributed by atoms with van der Waals surface area (Å²) in [7, 11) is 1.54. The molecule has 130 valence electrons. The molecule has 1 heterocycles. The highest BCUT2D eigenvalue weighted by Crippen LogP contribution is 2.30. The predicted octanol–water partition coefficient (Wildman–Crippen LogP) is 0.472. The molecule has 0 spiro atoms. The van der Waals surface area contributed by atoms with Gasteiger partial charge in [0.05, 0.1) is 12.5 Å². The molecule has 7 heteroatoms. The van der Waals surface area contributed by atoms with Crippen molar-refractivity contribution in [2.24, 2.45) is 5.92 Å². The minimum atomic E-state index is -0.866. The van der Waals surface area contributed by atoms with Gasteiger partial charge in [-0.25, -0.2) is 0 Å². The molecule has 0 aromatic carbocycles. The largest absolute Gasteiger partial charge is 0.452 e. The van der Waals surface area contributed by atoms with Gasteiger partial charge in [-0.3, -0.25) is 14.4 Å². The number of esters is 1. The molecular weight excluding hydrogens is 300 g/mol. The SMILES string of the molecule is COCCNC(=O)[C@@H](C)OC(=O)[C@H]1CC(=O)N(C2CCCC2)C1. The fourth-order valence-electron chi connectivity index (χ4n) is 3.20. The Balaban J connectivity index is 1.79. The molecule has 2 rings (SSSR count). The molecule has 1 aliphatic carbocycles. The third-order valence-electron chi connectivity index (χ3n) is 4.52. The van der Waals surface area contributed by atoms with E-state index >= 15 is 0 Å². The number of likely N-dealkylation sites (tertiary alicyclic amines) is 1. The normalized spacial score (nSPS) is 23.1.